The molecule has 1 aromatic heterocycles. The number of carbonyl (C=O) groups excluding carboxylic acids is 1. The van der Waals surface area contributed by atoms with Crippen LogP contribution in [0.5, 0.6) is 11.5 Å². The average Bonchev–Trinajstić information content (AvgIpc) is 2.70. The summed E-state index contributed by atoms with van der Waals surface area (Å²) < 4.78 is 11.5. The van der Waals surface area contributed by atoms with Crippen LogP contribution < -0.4 is 10.1 Å². The molecule has 3 aromatic rings. The summed E-state index contributed by atoms with van der Waals surface area (Å²) in [6.45, 7) is 8.55. The Labute approximate surface area is 178 Å². The Morgan fingerprint density at radius 2 is 1.80 bits per heavy atom. The standard InChI is InChI=1S/C25H28N2O3/c1-5-29-18(3)15-21-11-14-24(19(4)26-21)25(28)27-20-7-6-8-23(16-20)30-22-12-9-17(2)10-13-22/h6-14,16,18H,5,15H2,1-4H3,(H,27,28). The molecule has 1 atom stereocenters. The molecule has 0 radical (unpaired) electrons. The largest absolute Gasteiger partial charge is 0.457 e. The van der Waals surface area contributed by atoms with E-state index in [1.54, 1.807) is 6.07 Å². The molecule has 156 valence electrons. The van der Waals surface area contributed by atoms with Gasteiger partial charge in [-0.05, 0) is 64.1 Å². The van der Waals surface area contributed by atoms with Crippen LogP contribution in [0.2, 0.25) is 0 Å². The van der Waals surface area contributed by atoms with Crippen molar-refractivity contribution >= 4 is 11.6 Å². The number of anilines is 1. The molecule has 30 heavy (non-hydrogen) atoms. The molecule has 1 amide bonds. The van der Waals surface area contributed by atoms with E-state index in [4.69, 9.17) is 9.47 Å². The highest BCUT2D eigenvalue weighted by atomic mass is 16.5. The van der Waals surface area contributed by atoms with E-state index in [2.05, 4.69) is 10.3 Å². The minimum atomic E-state index is -0.197. The molecule has 0 spiro atoms. The minimum absolute atomic E-state index is 0.0952. The lowest BCUT2D eigenvalue weighted by atomic mass is 10.1. The maximum absolute atomic E-state index is 12.8. The first-order chi connectivity index (χ1) is 14.4. The monoisotopic (exact) mass is 404 g/mol. The number of pyridine rings is 1. The van der Waals surface area contributed by atoms with Gasteiger partial charge in [-0.2, -0.15) is 0 Å². The Kier molecular flexibility index (Phi) is 7.20. The summed E-state index contributed by atoms with van der Waals surface area (Å²) >= 11 is 0. The molecule has 0 aliphatic rings. The first kappa shape index (κ1) is 21.5. The van der Waals surface area contributed by atoms with E-state index in [9.17, 15) is 4.79 Å². The molecule has 0 bridgehead atoms. The molecule has 0 saturated carbocycles. The lowest BCUT2D eigenvalue weighted by Gasteiger charge is -2.13. The second kappa shape index (κ2) is 10.0. The number of rotatable bonds is 8. The fourth-order valence-corrected chi connectivity index (χ4v) is 3.18. The summed E-state index contributed by atoms with van der Waals surface area (Å²) in [5, 5.41) is 2.93. The summed E-state index contributed by atoms with van der Waals surface area (Å²) in [5.74, 6) is 1.21. The van der Waals surface area contributed by atoms with Crippen molar-refractivity contribution in [3.63, 3.8) is 0 Å². The number of carbonyl (C=O) groups is 1. The van der Waals surface area contributed by atoms with E-state index < -0.39 is 0 Å². The lowest BCUT2D eigenvalue weighted by molar-refractivity contribution is 0.0761. The van der Waals surface area contributed by atoms with Crippen LogP contribution in [0.4, 0.5) is 5.69 Å². The van der Waals surface area contributed by atoms with Gasteiger partial charge in [-0.25, -0.2) is 0 Å². The molecule has 0 fully saturated rings. The summed E-state index contributed by atoms with van der Waals surface area (Å²) in [5.41, 5.74) is 4.00. The quantitative estimate of drug-likeness (QED) is 0.522. The van der Waals surface area contributed by atoms with Crippen LogP contribution in [0.3, 0.4) is 0 Å². The topological polar surface area (TPSA) is 60.5 Å². The van der Waals surface area contributed by atoms with Crippen LogP contribution in [-0.4, -0.2) is 23.6 Å². The van der Waals surface area contributed by atoms with Crippen LogP contribution in [0, 0.1) is 13.8 Å². The molecule has 3 rings (SSSR count). The van der Waals surface area contributed by atoms with Crippen LogP contribution in [-0.2, 0) is 11.2 Å². The fourth-order valence-electron chi connectivity index (χ4n) is 3.18. The Balaban J connectivity index is 1.67. The highest BCUT2D eigenvalue weighted by Gasteiger charge is 2.13. The van der Waals surface area contributed by atoms with Crippen LogP contribution >= 0.6 is 0 Å². The number of hydrogen-bond acceptors (Lipinski definition) is 4. The van der Waals surface area contributed by atoms with Gasteiger partial charge in [0.05, 0.1) is 17.4 Å². The Bertz CT molecular complexity index is 1000. The first-order valence-electron chi connectivity index (χ1n) is 10.2. The molecule has 5 heteroatoms. The van der Waals surface area contributed by atoms with E-state index in [1.165, 1.54) is 5.56 Å². The second-order valence-electron chi connectivity index (χ2n) is 7.30. The first-order valence-corrected chi connectivity index (χ1v) is 10.2. The predicted octanol–water partition coefficient (Wildman–Crippen LogP) is 5.71. The van der Waals surface area contributed by atoms with Gasteiger partial charge in [0.1, 0.15) is 11.5 Å². The Morgan fingerprint density at radius 3 is 2.50 bits per heavy atom. The van der Waals surface area contributed by atoms with Gasteiger partial charge in [0, 0.05) is 30.5 Å². The number of ether oxygens (including phenoxy) is 2. The van der Waals surface area contributed by atoms with E-state index in [1.807, 2.05) is 82.3 Å². The number of hydrogen-bond donors (Lipinski definition) is 1. The van der Waals surface area contributed by atoms with E-state index >= 15 is 0 Å². The van der Waals surface area contributed by atoms with E-state index in [0.29, 0.717) is 29.3 Å². The van der Waals surface area contributed by atoms with Gasteiger partial charge in [-0.1, -0.05) is 23.8 Å². The molecular weight excluding hydrogens is 376 g/mol. The van der Waals surface area contributed by atoms with Gasteiger partial charge in [0.2, 0.25) is 0 Å². The van der Waals surface area contributed by atoms with Gasteiger partial charge < -0.3 is 14.8 Å². The summed E-state index contributed by atoms with van der Waals surface area (Å²) in [6.07, 6.45) is 0.812. The lowest BCUT2D eigenvalue weighted by Crippen LogP contribution is -2.16. The smallest absolute Gasteiger partial charge is 0.257 e. The third-order valence-electron chi connectivity index (χ3n) is 4.68. The molecule has 0 aliphatic heterocycles. The number of aromatic nitrogens is 1. The number of aryl methyl sites for hydroxylation is 2. The average molecular weight is 405 g/mol. The third-order valence-corrected chi connectivity index (χ3v) is 4.68. The molecule has 2 aromatic carbocycles. The van der Waals surface area contributed by atoms with Crippen molar-refractivity contribution in [1.82, 2.24) is 4.98 Å². The Morgan fingerprint density at radius 1 is 1.03 bits per heavy atom. The summed E-state index contributed by atoms with van der Waals surface area (Å²) in [7, 11) is 0. The van der Waals surface area contributed by atoms with Crippen LogP contribution in [0.25, 0.3) is 0 Å². The van der Waals surface area contributed by atoms with Crippen molar-refractivity contribution < 1.29 is 14.3 Å². The zero-order valence-corrected chi connectivity index (χ0v) is 17.9. The van der Waals surface area contributed by atoms with Gasteiger partial charge >= 0.3 is 0 Å². The van der Waals surface area contributed by atoms with Gasteiger partial charge in [0.25, 0.3) is 5.91 Å². The van der Waals surface area contributed by atoms with Crippen molar-refractivity contribution in [1.29, 1.82) is 0 Å². The maximum atomic E-state index is 12.8. The molecule has 5 nitrogen and oxygen atoms in total. The van der Waals surface area contributed by atoms with Gasteiger partial charge in [-0.3, -0.25) is 9.78 Å². The van der Waals surface area contributed by atoms with Crippen LogP contribution in [0.1, 0.15) is 41.2 Å². The maximum Gasteiger partial charge on any atom is 0.257 e. The molecule has 0 saturated heterocycles. The molecule has 1 N–H and O–H groups in total. The number of amides is 1. The molecule has 0 aliphatic carbocycles. The third kappa shape index (κ3) is 5.91. The van der Waals surface area contributed by atoms with Crippen LogP contribution in [0.15, 0.2) is 60.7 Å². The normalized spacial score (nSPS) is 11.7. The zero-order valence-electron chi connectivity index (χ0n) is 17.9. The Hall–Kier alpha value is -3.18. The number of nitrogens with zero attached hydrogens (tertiary/aromatic N) is 1. The highest BCUT2D eigenvalue weighted by Crippen LogP contribution is 2.25. The predicted molar refractivity (Wildman–Crippen MR) is 119 cm³/mol. The zero-order chi connectivity index (χ0) is 21.5. The van der Waals surface area contributed by atoms with E-state index in [-0.39, 0.29) is 12.0 Å². The van der Waals surface area contributed by atoms with E-state index in [0.717, 1.165) is 17.9 Å². The molecule has 1 unspecified atom stereocenters. The summed E-state index contributed by atoms with van der Waals surface area (Å²) in [6, 6.07) is 18.9. The highest BCUT2D eigenvalue weighted by molar-refractivity contribution is 6.05. The minimum Gasteiger partial charge on any atom is -0.457 e. The second-order valence-corrected chi connectivity index (χ2v) is 7.30. The summed E-state index contributed by atoms with van der Waals surface area (Å²) in [4.78, 5) is 17.3. The number of benzene rings is 2. The van der Waals surface area contributed by atoms with Crippen molar-refractivity contribution in [2.45, 2.75) is 40.2 Å². The van der Waals surface area contributed by atoms with Crippen molar-refractivity contribution in [3.05, 3.63) is 83.2 Å². The number of nitrogens with one attached hydrogen (secondary N) is 1. The van der Waals surface area contributed by atoms with Crippen molar-refractivity contribution in [2.24, 2.45) is 0 Å². The van der Waals surface area contributed by atoms with Gasteiger partial charge in [-0.15, -0.1) is 0 Å². The SMILES string of the molecule is CCOC(C)Cc1ccc(C(=O)Nc2cccc(Oc3ccc(C)cc3)c2)c(C)n1. The fraction of sp³-hybridized carbons (Fsp3) is 0.280. The molecule has 1 heterocycles. The van der Waals surface area contributed by atoms with Gasteiger partial charge in [0.15, 0.2) is 0 Å². The van der Waals surface area contributed by atoms with Crippen molar-refractivity contribution in [3.8, 4) is 11.5 Å². The molecular formula is C25H28N2O3. The van der Waals surface area contributed by atoms with Crippen molar-refractivity contribution in [2.75, 3.05) is 11.9 Å².